The lowest BCUT2D eigenvalue weighted by Gasteiger charge is -2.32. The molecule has 2 fully saturated rings. The fourth-order valence-electron chi connectivity index (χ4n) is 5.04. The van der Waals surface area contributed by atoms with Crippen LogP contribution in [-0.2, 0) is 4.74 Å². The predicted molar refractivity (Wildman–Crippen MR) is 147 cm³/mol. The number of anilines is 1. The maximum absolute atomic E-state index is 12.8. The van der Waals surface area contributed by atoms with Gasteiger partial charge in [-0.15, -0.1) is 0 Å². The molecule has 2 aromatic carbocycles. The van der Waals surface area contributed by atoms with Gasteiger partial charge in [0.05, 0.1) is 30.5 Å². The van der Waals surface area contributed by atoms with Gasteiger partial charge in [0, 0.05) is 55.8 Å². The number of nitrogens with zero attached hydrogens (tertiary/aromatic N) is 4. The predicted octanol–water partition coefficient (Wildman–Crippen LogP) is 4.54. The van der Waals surface area contributed by atoms with Gasteiger partial charge in [-0.05, 0) is 63.1 Å². The number of nitrogens with one attached hydrogen (secondary N) is 1. The Kier molecular flexibility index (Phi) is 8.55. The molecule has 5 rings (SSSR count). The molecule has 9 heteroatoms. The zero-order valence-corrected chi connectivity index (χ0v) is 22.3. The van der Waals surface area contributed by atoms with Gasteiger partial charge >= 0.3 is 6.03 Å². The van der Waals surface area contributed by atoms with Crippen LogP contribution in [-0.4, -0.2) is 84.4 Å². The van der Waals surface area contributed by atoms with Crippen LogP contribution in [0.15, 0.2) is 48.8 Å². The molecule has 0 radical (unpaired) electrons. The van der Waals surface area contributed by atoms with Crippen molar-refractivity contribution in [2.24, 2.45) is 0 Å². The fourth-order valence-corrected chi connectivity index (χ4v) is 5.04. The number of carbonyl (C=O) groups is 1. The number of aromatic nitrogens is 2. The van der Waals surface area contributed by atoms with Crippen LogP contribution in [0.4, 0.5) is 10.5 Å². The molecule has 202 valence electrons. The van der Waals surface area contributed by atoms with Gasteiger partial charge in [0.2, 0.25) is 0 Å². The van der Waals surface area contributed by atoms with Crippen molar-refractivity contribution < 1.29 is 19.0 Å². The van der Waals surface area contributed by atoms with Gasteiger partial charge in [0.25, 0.3) is 0 Å². The summed E-state index contributed by atoms with van der Waals surface area (Å²) in [7, 11) is 0. The normalized spacial score (nSPS) is 17.1. The van der Waals surface area contributed by atoms with Crippen molar-refractivity contribution in [2.45, 2.75) is 38.7 Å². The van der Waals surface area contributed by atoms with Crippen LogP contribution in [0.2, 0.25) is 0 Å². The van der Waals surface area contributed by atoms with Crippen LogP contribution in [0.3, 0.4) is 0 Å². The van der Waals surface area contributed by atoms with E-state index in [0.29, 0.717) is 19.7 Å². The standard InChI is InChI=1S/C29H37N5O4/c1-21(2)38-24-5-3-23(4-6-24)32-29(35)34-11-9-22(10-12-34)28-26-8-7-25(19-27(26)30-20-31-28)37-18-15-33-13-16-36-17-14-33/h3-8,19-22H,9-18H2,1-2H3,(H,32,35). The lowest BCUT2D eigenvalue weighted by molar-refractivity contribution is 0.0322. The van der Waals surface area contributed by atoms with E-state index in [1.807, 2.05) is 55.1 Å². The minimum absolute atomic E-state index is 0.0765. The molecular formula is C29H37N5O4. The number of rotatable bonds is 8. The molecule has 9 nitrogen and oxygen atoms in total. The largest absolute Gasteiger partial charge is 0.492 e. The minimum Gasteiger partial charge on any atom is -0.492 e. The van der Waals surface area contributed by atoms with Crippen molar-refractivity contribution in [3.05, 3.63) is 54.5 Å². The van der Waals surface area contributed by atoms with E-state index in [9.17, 15) is 4.79 Å². The van der Waals surface area contributed by atoms with Crippen LogP contribution in [0.5, 0.6) is 11.5 Å². The highest BCUT2D eigenvalue weighted by Gasteiger charge is 2.26. The van der Waals surface area contributed by atoms with E-state index in [0.717, 1.165) is 79.5 Å². The molecule has 0 unspecified atom stereocenters. The quantitative estimate of drug-likeness (QED) is 0.467. The Labute approximate surface area is 224 Å². The number of piperidine rings is 1. The Hall–Kier alpha value is -3.43. The molecule has 38 heavy (non-hydrogen) atoms. The van der Waals surface area contributed by atoms with Crippen LogP contribution in [0, 0.1) is 0 Å². The molecule has 0 spiro atoms. The molecule has 2 saturated heterocycles. The van der Waals surface area contributed by atoms with Gasteiger partial charge in [-0.3, -0.25) is 4.90 Å². The molecule has 2 aliphatic rings. The van der Waals surface area contributed by atoms with Crippen molar-refractivity contribution >= 4 is 22.6 Å². The molecule has 2 aliphatic heterocycles. The molecule has 0 bridgehead atoms. The van der Waals surface area contributed by atoms with Gasteiger partial charge in [-0.25, -0.2) is 14.8 Å². The van der Waals surface area contributed by atoms with Crippen molar-refractivity contribution in [1.82, 2.24) is 19.8 Å². The van der Waals surface area contributed by atoms with Crippen molar-refractivity contribution in [3.8, 4) is 11.5 Å². The maximum Gasteiger partial charge on any atom is 0.321 e. The molecule has 0 aliphatic carbocycles. The number of urea groups is 1. The summed E-state index contributed by atoms with van der Waals surface area (Å²) in [6.07, 6.45) is 3.47. The third-order valence-electron chi connectivity index (χ3n) is 7.06. The lowest BCUT2D eigenvalue weighted by atomic mass is 9.91. The zero-order valence-electron chi connectivity index (χ0n) is 22.3. The number of hydrogen-bond acceptors (Lipinski definition) is 7. The van der Waals surface area contributed by atoms with Gasteiger partial charge in [-0.2, -0.15) is 0 Å². The van der Waals surface area contributed by atoms with Crippen LogP contribution in [0.1, 0.15) is 38.3 Å². The highest BCUT2D eigenvalue weighted by Crippen LogP contribution is 2.32. The number of carbonyl (C=O) groups excluding carboxylic acids is 1. The van der Waals surface area contributed by atoms with E-state index < -0.39 is 0 Å². The SMILES string of the molecule is CC(C)Oc1ccc(NC(=O)N2CCC(c3ncnc4cc(OCCN5CCOCC5)ccc34)CC2)cc1. The monoisotopic (exact) mass is 519 g/mol. The Morgan fingerprint density at radius 1 is 1.03 bits per heavy atom. The Balaban J connectivity index is 1.14. The molecule has 3 heterocycles. The van der Waals surface area contributed by atoms with E-state index in [4.69, 9.17) is 14.2 Å². The maximum atomic E-state index is 12.8. The summed E-state index contributed by atoms with van der Waals surface area (Å²) < 4.78 is 17.1. The summed E-state index contributed by atoms with van der Waals surface area (Å²) in [6.45, 7) is 10.4. The Morgan fingerprint density at radius 3 is 2.50 bits per heavy atom. The molecule has 2 amide bonds. The summed E-state index contributed by atoms with van der Waals surface area (Å²) in [4.78, 5) is 26.2. The van der Waals surface area contributed by atoms with Crippen LogP contribution in [0.25, 0.3) is 10.9 Å². The highest BCUT2D eigenvalue weighted by molar-refractivity contribution is 5.89. The first-order chi connectivity index (χ1) is 18.5. The van der Waals surface area contributed by atoms with Gasteiger partial charge in [0.15, 0.2) is 0 Å². The molecule has 1 aromatic heterocycles. The average molecular weight is 520 g/mol. The number of morpholine rings is 1. The number of ether oxygens (including phenoxy) is 3. The summed E-state index contributed by atoms with van der Waals surface area (Å²) >= 11 is 0. The second kappa shape index (κ2) is 12.4. The second-order valence-corrected chi connectivity index (χ2v) is 10.1. The summed E-state index contributed by atoms with van der Waals surface area (Å²) in [6, 6.07) is 13.5. The number of amides is 2. The summed E-state index contributed by atoms with van der Waals surface area (Å²) in [5.74, 6) is 1.90. The molecular weight excluding hydrogens is 482 g/mol. The molecule has 0 saturated carbocycles. The first kappa shape index (κ1) is 26.2. The van der Waals surface area contributed by atoms with Crippen LogP contribution < -0.4 is 14.8 Å². The van der Waals surface area contributed by atoms with Gasteiger partial charge in [0.1, 0.15) is 24.4 Å². The minimum atomic E-state index is -0.0765. The number of likely N-dealkylation sites (tertiary alicyclic amines) is 1. The van der Waals surface area contributed by atoms with Gasteiger partial charge in [-0.1, -0.05) is 0 Å². The number of benzene rings is 2. The average Bonchev–Trinajstić information content (AvgIpc) is 2.94. The zero-order chi connectivity index (χ0) is 26.3. The fraction of sp³-hybridized carbons (Fsp3) is 0.483. The van der Waals surface area contributed by atoms with Crippen LogP contribution >= 0.6 is 0 Å². The number of fused-ring (bicyclic) bond motifs is 1. The van der Waals surface area contributed by atoms with Crippen molar-refractivity contribution in [1.29, 1.82) is 0 Å². The summed E-state index contributed by atoms with van der Waals surface area (Å²) in [5.41, 5.74) is 2.71. The first-order valence-corrected chi connectivity index (χ1v) is 13.6. The third kappa shape index (κ3) is 6.71. The van der Waals surface area contributed by atoms with E-state index in [1.165, 1.54) is 0 Å². The number of hydrogen-bond donors (Lipinski definition) is 1. The van der Waals surface area contributed by atoms with E-state index in [-0.39, 0.29) is 18.1 Å². The lowest BCUT2D eigenvalue weighted by Crippen LogP contribution is -2.40. The smallest absolute Gasteiger partial charge is 0.321 e. The van der Waals surface area contributed by atoms with Gasteiger partial charge < -0.3 is 24.4 Å². The third-order valence-corrected chi connectivity index (χ3v) is 7.06. The summed E-state index contributed by atoms with van der Waals surface area (Å²) in [5, 5.41) is 4.06. The van der Waals surface area contributed by atoms with E-state index >= 15 is 0 Å². The van der Waals surface area contributed by atoms with Crippen molar-refractivity contribution in [3.63, 3.8) is 0 Å². The van der Waals surface area contributed by atoms with Crippen molar-refractivity contribution in [2.75, 3.05) is 57.9 Å². The van der Waals surface area contributed by atoms with E-state index in [2.05, 4.69) is 26.3 Å². The molecule has 1 N–H and O–H groups in total. The highest BCUT2D eigenvalue weighted by atomic mass is 16.5. The Morgan fingerprint density at radius 2 is 1.76 bits per heavy atom. The Bertz CT molecular complexity index is 1210. The first-order valence-electron chi connectivity index (χ1n) is 13.6. The topological polar surface area (TPSA) is 89.0 Å². The second-order valence-electron chi connectivity index (χ2n) is 10.1. The molecule has 3 aromatic rings. The van der Waals surface area contributed by atoms with E-state index in [1.54, 1.807) is 6.33 Å². The molecule has 0 atom stereocenters.